The molecule has 5 aromatic rings. The molecule has 1 N–H and O–H groups in total. The molecule has 5 rings (SSSR count). The first kappa shape index (κ1) is 27.7. The average Bonchev–Trinajstić information content (AvgIpc) is 3.00. The molecule has 0 atom stereocenters. The molecule has 0 saturated carbocycles. The van der Waals surface area contributed by atoms with Gasteiger partial charge in [-0.2, -0.15) is 0 Å². The van der Waals surface area contributed by atoms with Gasteiger partial charge in [0.15, 0.2) is 0 Å². The van der Waals surface area contributed by atoms with Crippen LogP contribution in [0.1, 0.15) is 40.7 Å². The van der Waals surface area contributed by atoms with Gasteiger partial charge in [0.2, 0.25) is 0 Å². The van der Waals surface area contributed by atoms with E-state index < -0.39 is 5.60 Å². The van der Waals surface area contributed by atoms with Gasteiger partial charge in [0, 0.05) is 10.0 Å². The Hall–Kier alpha value is -3.88. The Kier molecular flexibility index (Phi) is 8.98. The van der Waals surface area contributed by atoms with Gasteiger partial charge in [0.1, 0.15) is 5.60 Å². The average molecular weight is 562 g/mol. The summed E-state index contributed by atoms with van der Waals surface area (Å²) in [5.74, 6) is 0. The molecule has 0 heterocycles. The second-order valence-electron chi connectivity index (χ2n) is 9.74. The van der Waals surface area contributed by atoms with Gasteiger partial charge in [-0.3, -0.25) is 0 Å². The summed E-state index contributed by atoms with van der Waals surface area (Å²) in [4.78, 5) is 0. The minimum Gasteiger partial charge on any atom is -0.380 e. The van der Waals surface area contributed by atoms with Crippen LogP contribution in [-0.4, -0.2) is 5.11 Å². The number of halogens is 2. The fourth-order valence-electron chi connectivity index (χ4n) is 5.02. The molecule has 5 aromatic carbocycles. The summed E-state index contributed by atoms with van der Waals surface area (Å²) in [6.45, 7) is 0. The minimum atomic E-state index is -1.25. The summed E-state index contributed by atoms with van der Waals surface area (Å²) in [6.07, 6.45) is 5.41. The van der Waals surface area contributed by atoms with Crippen LogP contribution in [0.5, 0.6) is 0 Å². The molecule has 0 fully saturated rings. The van der Waals surface area contributed by atoms with Crippen LogP contribution in [-0.2, 0) is 5.60 Å². The largest absolute Gasteiger partial charge is 0.380 e. The number of hydrogen-bond donors (Lipinski definition) is 1. The maximum Gasteiger partial charge on any atom is 0.115 e. The van der Waals surface area contributed by atoms with Crippen molar-refractivity contribution in [2.45, 2.75) is 18.4 Å². The number of hydrogen-bond acceptors (Lipinski definition) is 1. The molecule has 1 nitrogen and oxygen atoms in total. The summed E-state index contributed by atoms with van der Waals surface area (Å²) < 4.78 is 0. The van der Waals surface area contributed by atoms with Crippen molar-refractivity contribution in [1.29, 1.82) is 0 Å². The lowest BCUT2D eigenvalue weighted by Crippen LogP contribution is -2.27. The monoisotopic (exact) mass is 560 g/mol. The molecule has 40 heavy (non-hydrogen) atoms. The molecule has 0 bridgehead atoms. The maximum absolute atomic E-state index is 12.4. The zero-order valence-electron chi connectivity index (χ0n) is 22.1. The number of allylic oxidation sites excluding steroid dienone is 3. The highest BCUT2D eigenvalue weighted by Crippen LogP contribution is 2.40. The van der Waals surface area contributed by atoms with Crippen molar-refractivity contribution in [2.24, 2.45) is 0 Å². The van der Waals surface area contributed by atoms with Crippen molar-refractivity contribution in [3.63, 3.8) is 0 Å². The van der Waals surface area contributed by atoms with E-state index in [0.29, 0.717) is 22.9 Å². The van der Waals surface area contributed by atoms with E-state index in [9.17, 15) is 5.11 Å². The van der Waals surface area contributed by atoms with Crippen LogP contribution < -0.4 is 0 Å². The molecule has 3 heteroatoms. The van der Waals surface area contributed by atoms with Gasteiger partial charge in [-0.25, -0.2) is 0 Å². The molecule has 0 aromatic heterocycles. The van der Waals surface area contributed by atoms with Crippen molar-refractivity contribution in [3.8, 4) is 0 Å². The normalized spacial score (nSPS) is 12.4. The lowest BCUT2D eigenvalue weighted by atomic mass is 9.80. The van der Waals surface area contributed by atoms with Gasteiger partial charge in [-0.1, -0.05) is 151 Å². The van der Waals surface area contributed by atoms with E-state index in [1.807, 2.05) is 78.9 Å². The van der Waals surface area contributed by atoms with E-state index in [0.717, 1.165) is 39.0 Å². The lowest BCUT2D eigenvalue weighted by Gasteiger charge is -2.31. The SMILES string of the molecule is OC(CC/C(=C(\C=C\c1ccccc1)c1ccccc1)c1ccccc1)(c1ccc(Cl)cc1)c1ccc(Cl)cc1. The Morgan fingerprint density at radius 2 is 1.02 bits per heavy atom. The van der Waals surface area contributed by atoms with Crippen LogP contribution in [0.25, 0.3) is 17.2 Å². The zero-order chi connectivity index (χ0) is 27.8. The van der Waals surface area contributed by atoms with Crippen LogP contribution in [0.3, 0.4) is 0 Å². The highest BCUT2D eigenvalue weighted by Gasteiger charge is 2.32. The fraction of sp³-hybridized carbons (Fsp3) is 0.0811. The Morgan fingerprint density at radius 3 is 1.52 bits per heavy atom. The second-order valence-corrected chi connectivity index (χ2v) is 10.6. The van der Waals surface area contributed by atoms with Crippen molar-refractivity contribution in [2.75, 3.05) is 0 Å². The highest BCUT2D eigenvalue weighted by molar-refractivity contribution is 6.30. The van der Waals surface area contributed by atoms with E-state index >= 15 is 0 Å². The number of rotatable bonds is 9. The van der Waals surface area contributed by atoms with Gasteiger partial charge < -0.3 is 5.11 Å². The molecule has 0 radical (unpaired) electrons. The van der Waals surface area contributed by atoms with E-state index in [-0.39, 0.29) is 0 Å². The van der Waals surface area contributed by atoms with Crippen LogP contribution in [0.4, 0.5) is 0 Å². The molecular weight excluding hydrogens is 531 g/mol. The minimum absolute atomic E-state index is 0.454. The Bertz CT molecular complexity index is 1530. The summed E-state index contributed by atoms with van der Waals surface area (Å²) in [5.41, 5.74) is 5.96. The quantitative estimate of drug-likeness (QED) is 0.140. The molecule has 0 aliphatic rings. The molecule has 0 spiro atoms. The summed E-state index contributed by atoms with van der Waals surface area (Å²) in [6, 6.07) is 46.0. The van der Waals surface area contributed by atoms with E-state index in [1.54, 1.807) is 0 Å². The Labute approximate surface area is 246 Å². The maximum atomic E-state index is 12.4. The van der Waals surface area contributed by atoms with Gasteiger partial charge >= 0.3 is 0 Å². The van der Waals surface area contributed by atoms with E-state index in [1.165, 1.54) is 0 Å². The Balaban J connectivity index is 1.64. The van der Waals surface area contributed by atoms with Crippen molar-refractivity contribution in [1.82, 2.24) is 0 Å². The fourth-order valence-corrected chi connectivity index (χ4v) is 5.27. The first-order valence-corrected chi connectivity index (χ1v) is 14.1. The third kappa shape index (κ3) is 6.63. The number of benzene rings is 5. The van der Waals surface area contributed by atoms with Crippen LogP contribution in [0.15, 0.2) is 146 Å². The standard InChI is InChI=1S/C37H30Cl2O/c38-33-21-17-31(18-22-33)37(40,32-19-23-34(39)24-20-32)27-26-36(30-14-8-3-9-15-30)35(29-12-6-2-7-13-29)25-16-28-10-4-1-5-11-28/h1-25,40H,26-27H2/b25-16+,36-35-. The van der Waals surface area contributed by atoms with Crippen molar-refractivity contribution < 1.29 is 5.11 Å². The van der Waals surface area contributed by atoms with E-state index in [4.69, 9.17) is 23.2 Å². The lowest BCUT2D eigenvalue weighted by molar-refractivity contribution is 0.0727. The number of aliphatic hydroxyl groups is 1. The predicted octanol–water partition coefficient (Wildman–Crippen LogP) is 10.3. The molecule has 198 valence electrons. The van der Waals surface area contributed by atoms with Crippen molar-refractivity contribution >= 4 is 40.4 Å². The van der Waals surface area contributed by atoms with Crippen LogP contribution in [0, 0.1) is 0 Å². The van der Waals surface area contributed by atoms with Gasteiger partial charge in [-0.15, -0.1) is 0 Å². The molecule has 0 unspecified atom stereocenters. The highest BCUT2D eigenvalue weighted by atomic mass is 35.5. The molecule has 0 amide bonds. The molecule has 0 aliphatic carbocycles. The molecule has 0 saturated heterocycles. The van der Waals surface area contributed by atoms with E-state index in [2.05, 4.69) is 72.8 Å². The molecule has 0 aliphatic heterocycles. The first-order valence-electron chi connectivity index (χ1n) is 13.3. The van der Waals surface area contributed by atoms with Gasteiger partial charge in [0.25, 0.3) is 0 Å². The Morgan fingerprint density at radius 1 is 0.575 bits per heavy atom. The third-order valence-electron chi connectivity index (χ3n) is 7.15. The van der Waals surface area contributed by atoms with Gasteiger partial charge in [-0.05, 0) is 76.1 Å². The summed E-state index contributed by atoms with van der Waals surface area (Å²) in [5, 5.41) is 13.6. The van der Waals surface area contributed by atoms with Gasteiger partial charge in [0.05, 0.1) is 0 Å². The predicted molar refractivity (Wildman–Crippen MR) is 170 cm³/mol. The zero-order valence-corrected chi connectivity index (χ0v) is 23.6. The summed E-state index contributed by atoms with van der Waals surface area (Å²) >= 11 is 12.4. The summed E-state index contributed by atoms with van der Waals surface area (Å²) in [7, 11) is 0. The first-order chi connectivity index (χ1) is 19.5. The smallest absolute Gasteiger partial charge is 0.115 e. The van der Waals surface area contributed by atoms with Crippen LogP contribution in [0.2, 0.25) is 10.0 Å². The van der Waals surface area contributed by atoms with Crippen molar-refractivity contribution in [3.05, 3.63) is 183 Å². The molecular formula is C37H30Cl2O. The topological polar surface area (TPSA) is 20.2 Å². The third-order valence-corrected chi connectivity index (χ3v) is 7.66. The van der Waals surface area contributed by atoms with Crippen LogP contribution >= 0.6 is 23.2 Å². The second kappa shape index (κ2) is 13.0.